The predicted molar refractivity (Wildman–Crippen MR) is 121 cm³/mol. The van der Waals surface area contributed by atoms with Crippen molar-refractivity contribution in [2.24, 2.45) is 10.9 Å². The lowest BCUT2D eigenvalue weighted by molar-refractivity contribution is -0.0284. The van der Waals surface area contributed by atoms with Gasteiger partial charge in [-0.1, -0.05) is 33.8 Å². The Bertz CT molecular complexity index is 720. The lowest BCUT2D eigenvalue weighted by Crippen LogP contribution is -2.51. The summed E-state index contributed by atoms with van der Waals surface area (Å²) in [6.07, 6.45) is 0.182. The van der Waals surface area contributed by atoms with Crippen LogP contribution < -0.4 is 20.1 Å². The molecule has 168 valence electrons. The molecule has 0 spiro atoms. The highest BCUT2D eigenvalue weighted by atomic mass is 16.6. The Morgan fingerprint density at radius 2 is 1.93 bits per heavy atom. The highest BCUT2D eigenvalue weighted by Gasteiger charge is 2.25. The number of hydrogen-bond acceptors (Lipinski definition) is 5. The van der Waals surface area contributed by atoms with Gasteiger partial charge < -0.3 is 24.8 Å². The second-order valence-electron chi connectivity index (χ2n) is 9.20. The molecule has 0 saturated carbocycles. The van der Waals surface area contributed by atoms with E-state index in [0.29, 0.717) is 19.1 Å². The van der Waals surface area contributed by atoms with Crippen LogP contribution in [0.2, 0.25) is 0 Å². The van der Waals surface area contributed by atoms with Gasteiger partial charge in [0.05, 0.1) is 12.7 Å². The molecule has 7 heteroatoms. The number of fused-ring (bicyclic) bond motifs is 1. The number of ether oxygens (including phenoxy) is 3. The fourth-order valence-corrected chi connectivity index (χ4v) is 3.89. The highest BCUT2D eigenvalue weighted by molar-refractivity contribution is 5.79. The van der Waals surface area contributed by atoms with E-state index in [1.165, 1.54) is 5.56 Å². The van der Waals surface area contributed by atoms with Crippen molar-refractivity contribution in [2.75, 3.05) is 59.6 Å². The van der Waals surface area contributed by atoms with Crippen LogP contribution >= 0.6 is 0 Å². The van der Waals surface area contributed by atoms with Gasteiger partial charge in [0, 0.05) is 45.2 Å². The molecule has 1 unspecified atom stereocenters. The summed E-state index contributed by atoms with van der Waals surface area (Å²) in [4.78, 5) is 6.88. The van der Waals surface area contributed by atoms with E-state index in [-0.39, 0.29) is 11.5 Å². The molecular formula is C23H38N4O3. The molecule has 2 heterocycles. The van der Waals surface area contributed by atoms with Crippen molar-refractivity contribution < 1.29 is 14.2 Å². The van der Waals surface area contributed by atoms with Crippen LogP contribution in [0.15, 0.2) is 23.2 Å². The Morgan fingerprint density at radius 3 is 2.67 bits per heavy atom. The molecule has 1 fully saturated rings. The number of guanidine groups is 1. The Morgan fingerprint density at radius 1 is 1.17 bits per heavy atom. The van der Waals surface area contributed by atoms with E-state index >= 15 is 0 Å². The molecule has 1 atom stereocenters. The molecule has 0 aliphatic carbocycles. The zero-order valence-corrected chi connectivity index (χ0v) is 19.2. The third-order valence-electron chi connectivity index (χ3n) is 5.59. The van der Waals surface area contributed by atoms with E-state index in [0.717, 1.165) is 56.8 Å². The first kappa shape index (κ1) is 22.7. The molecule has 1 aromatic carbocycles. The Kier molecular flexibility index (Phi) is 7.83. The maximum absolute atomic E-state index is 5.94. The first-order valence-electron chi connectivity index (χ1n) is 11.1. The molecule has 2 aliphatic heterocycles. The summed E-state index contributed by atoms with van der Waals surface area (Å²) < 4.78 is 17.3. The molecule has 7 nitrogen and oxygen atoms in total. The van der Waals surface area contributed by atoms with Crippen LogP contribution in [0.25, 0.3) is 0 Å². The molecule has 1 aromatic rings. The van der Waals surface area contributed by atoms with Crippen LogP contribution in [-0.2, 0) is 10.2 Å². The summed E-state index contributed by atoms with van der Waals surface area (Å²) in [6, 6.07) is 6.21. The lowest BCUT2D eigenvalue weighted by atomic mass is 9.84. The second-order valence-corrected chi connectivity index (χ2v) is 9.20. The number of rotatable bonds is 7. The van der Waals surface area contributed by atoms with Crippen LogP contribution in [0, 0.1) is 5.92 Å². The standard InChI is InChI=1S/C23H38N4O3/c1-17(2)14-27-8-9-28-19(15-27)13-25-22(24-5)26-16-23(3,4)18-6-7-20-21(12-18)30-11-10-29-20/h6-7,12,17,19H,8-11,13-16H2,1-5H3,(H2,24,25,26). The number of nitrogens with one attached hydrogen (secondary N) is 2. The normalized spacial score (nSPS) is 20.3. The minimum absolute atomic E-state index is 0.0944. The van der Waals surface area contributed by atoms with Crippen LogP contribution in [-0.4, -0.2) is 76.6 Å². The molecule has 0 aromatic heterocycles. The summed E-state index contributed by atoms with van der Waals surface area (Å²) in [5.74, 6) is 3.12. The number of morpholine rings is 1. The molecule has 3 rings (SSSR count). The third kappa shape index (κ3) is 6.25. The van der Waals surface area contributed by atoms with Crippen LogP contribution in [0.5, 0.6) is 11.5 Å². The smallest absolute Gasteiger partial charge is 0.191 e. The van der Waals surface area contributed by atoms with Crippen LogP contribution in [0.3, 0.4) is 0 Å². The van der Waals surface area contributed by atoms with Crippen LogP contribution in [0.1, 0.15) is 33.3 Å². The van der Waals surface area contributed by atoms with Crippen molar-refractivity contribution in [3.05, 3.63) is 23.8 Å². The van der Waals surface area contributed by atoms with Crippen molar-refractivity contribution >= 4 is 5.96 Å². The number of nitrogens with zero attached hydrogens (tertiary/aromatic N) is 2. The van der Waals surface area contributed by atoms with Gasteiger partial charge in [0.25, 0.3) is 0 Å². The third-order valence-corrected chi connectivity index (χ3v) is 5.59. The summed E-state index contributed by atoms with van der Waals surface area (Å²) in [5.41, 5.74) is 1.11. The van der Waals surface area contributed by atoms with Crippen molar-refractivity contribution in [3.63, 3.8) is 0 Å². The average molecular weight is 419 g/mol. The van der Waals surface area contributed by atoms with Gasteiger partial charge in [0.2, 0.25) is 0 Å². The predicted octanol–water partition coefficient (Wildman–Crippen LogP) is 2.26. The molecule has 2 aliphatic rings. The van der Waals surface area contributed by atoms with Gasteiger partial charge in [-0.15, -0.1) is 0 Å². The van der Waals surface area contributed by atoms with Gasteiger partial charge in [-0.3, -0.25) is 9.89 Å². The Labute approximate surface area is 181 Å². The number of benzene rings is 1. The van der Waals surface area contributed by atoms with Gasteiger partial charge in [-0.2, -0.15) is 0 Å². The van der Waals surface area contributed by atoms with E-state index in [1.54, 1.807) is 7.05 Å². The topological polar surface area (TPSA) is 67.4 Å². The average Bonchev–Trinajstić information content (AvgIpc) is 2.73. The second kappa shape index (κ2) is 10.4. The summed E-state index contributed by atoms with van der Waals surface area (Å²) in [5, 5.41) is 6.90. The Hall–Kier alpha value is -1.99. The zero-order chi connectivity index (χ0) is 21.6. The van der Waals surface area contributed by atoms with Gasteiger partial charge >= 0.3 is 0 Å². The number of aliphatic imine (C=N–C) groups is 1. The van der Waals surface area contributed by atoms with E-state index in [9.17, 15) is 0 Å². The minimum atomic E-state index is -0.0944. The van der Waals surface area contributed by atoms with Gasteiger partial charge in [-0.25, -0.2) is 0 Å². The maximum Gasteiger partial charge on any atom is 0.191 e. The quantitative estimate of drug-likeness (QED) is 0.523. The SMILES string of the molecule is CN=C(NCC1CN(CC(C)C)CCO1)NCC(C)(C)c1ccc2c(c1)OCCO2. The number of hydrogen-bond donors (Lipinski definition) is 2. The largest absolute Gasteiger partial charge is 0.486 e. The summed E-state index contributed by atoms with van der Waals surface area (Å²) in [6.45, 7) is 15.6. The molecular weight excluding hydrogens is 380 g/mol. The highest BCUT2D eigenvalue weighted by Crippen LogP contribution is 2.34. The first-order valence-corrected chi connectivity index (χ1v) is 11.1. The molecule has 30 heavy (non-hydrogen) atoms. The summed E-state index contributed by atoms with van der Waals surface area (Å²) >= 11 is 0. The van der Waals surface area contributed by atoms with E-state index in [4.69, 9.17) is 14.2 Å². The van der Waals surface area contributed by atoms with Crippen molar-refractivity contribution in [1.82, 2.24) is 15.5 Å². The fraction of sp³-hybridized carbons (Fsp3) is 0.696. The van der Waals surface area contributed by atoms with Crippen molar-refractivity contribution in [3.8, 4) is 11.5 Å². The monoisotopic (exact) mass is 418 g/mol. The molecule has 0 radical (unpaired) electrons. The molecule has 2 N–H and O–H groups in total. The molecule has 0 amide bonds. The minimum Gasteiger partial charge on any atom is -0.486 e. The zero-order valence-electron chi connectivity index (χ0n) is 19.2. The molecule has 0 bridgehead atoms. The van der Waals surface area contributed by atoms with Crippen LogP contribution in [0.4, 0.5) is 0 Å². The van der Waals surface area contributed by atoms with E-state index in [1.807, 2.05) is 6.07 Å². The van der Waals surface area contributed by atoms with Gasteiger partial charge in [0.15, 0.2) is 17.5 Å². The fourth-order valence-electron chi connectivity index (χ4n) is 3.89. The van der Waals surface area contributed by atoms with Gasteiger partial charge in [0.1, 0.15) is 13.2 Å². The van der Waals surface area contributed by atoms with E-state index < -0.39 is 0 Å². The maximum atomic E-state index is 5.94. The van der Waals surface area contributed by atoms with Crippen molar-refractivity contribution in [2.45, 2.75) is 39.2 Å². The first-order chi connectivity index (χ1) is 14.4. The molecule has 1 saturated heterocycles. The van der Waals surface area contributed by atoms with E-state index in [2.05, 4.69) is 60.4 Å². The Balaban J connectivity index is 1.49. The summed E-state index contributed by atoms with van der Waals surface area (Å²) in [7, 11) is 1.80. The van der Waals surface area contributed by atoms with Gasteiger partial charge in [-0.05, 0) is 23.6 Å². The lowest BCUT2D eigenvalue weighted by Gasteiger charge is -2.34. The van der Waals surface area contributed by atoms with Crippen molar-refractivity contribution in [1.29, 1.82) is 0 Å².